The van der Waals surface area contributed by atoms with E-state index in [0.717, 1.165) is 0 Å². The van der Waals surface area contributed by atoms with Crippen LogP contribution in [-0.4, -0.2) is 61.2 Å². The number of carbonyl (C=O) groups excluding carboxylic acids is 4. The molecule has 0 aliphatic carbocycles. The van der Waals surface area contributed by atoms with Gasteiger partial charge in [0.05, 0.1) is 12.6 Å². The van der Waals surface area contributed by atoms with Crippen LogP contribution in [0.5, 0.6) is 0 Å². The van der Waals surface area contributed by atoms with Crippen molar-refractivity contribution in [2.45, 2.75) is 71.5 Å². The SMILES string of the molecule is CC[C@H](C)[C@H](NC(=O)[C@@H](N)CCCNC(=N)N)C(=O)N[C@@H](CC(C)C)C(=O)NC[C]=O. The molecule has 31 heavy (non-hydrogen) atoms. The van der Waals surface area contributed by atoms with E-state index in [1.165, 1.54) is 0 Å². The predicted molar refractivity (Wildman–Crippen MR) is 119 cm³/mol. The van der Waals surface area contributed by atoms with Crippen LogP contribution in [-0.2, 0) is 19.2 Å². The van der Waals surface area contributed by atoms with Gasteiger partial charge in [-0.15, -0.1) is 0 Å². The van der Waals surface area contributed by atoms with Gasteiger partial charge < -0.3 is 32.7 Å². The van der Waals surface area contributed by atoms with E-state index in [4.69, 9.17) is 16.9 Å². The van der Waals surface area contributed by atoms with Crippen molar-refractivity contribution in [3.8, 4) is 0 Å². The van der Waals surface area contributed by atoms with E-state index in [1.807, 2.05) is 27.7 Å². The van der Waals surface area contributed by atoms with Crippen LogP contribution in [0.1, 0.15) is 53.4 Å². The maximum atomic E-state index is 12.9. The van der Waals surface area contributed by atoms with Gasteiger partial charge in [0.25, 0.3) is 0 Å². The first-order valence-electron chi connectivity index (χ1n) is 10.6. The third-order valence-electron chi connectivity index (χ3n) is 4.81. The Morgan fingerprint density at radius 3 is 2.19 bits per heavy atom. The minimum Gasteiger partial charge on any atom is -0.370 e. The highest BCUT2D eigenvalue weighted by atomic mass is 16.2. The molecule has 0 aliphatic heterocycles. The smallest absolute Gasteiger partial charge is 0.243 e. The molecule has 11 nitrogen and oxygen atoms in total. The van der Waals surface area contributed by atoms with E-state index in [-0.39, 0.29) is 24.3 Å². The molecule has 0 spiro atoms. The van der Waals surface area contributed by atoms with Crippen molar-refractivity contribution < 1.29 is 19.2 Å². The molecule has 0 unspecified atom stereocenters. The fourth-order valence-corrected chi connectivity index (χ4v) is 2.85. The quantitative estimate of drug-likeness (QED) is 0.0950. The molecule has 1 radical (unpaired) electrons. The third-order valence-corrected chi connectivity index (χ3v) is 4.81. The standard InChI is InChI=1S/C20H38N7O4/c1-5-13(4)16(27-17(29)14(21)7-6-8-25-20(22)23)19(31)26-15(11-12(2)3)18(30)24-9-10-28/h12-16H,5-9,11,21H2,1-4H3,(H,24,30)(H,26,31)(H,27,29)(H4,22,23,25)/t13-,14-,15-,16-/m0/s1. The lowest BCUT2D eigenvalue weighted by Crippen LogP contribution is -2.58. The Labute approximate surface area is 184 Å². The molecule has 0 saturated carbocycles. The molecule has 9 N–H and O–H groups in total. The zero-order chi connectivity index (χ0) is 24.0. The van der Waals surface area contributed by atoms with Crippen molar-refractivity contribution in [2.75, 3.05) is 13.1 Å². The molecule has 0 bridgehead atoms. The zero-order valence-corrected chi connectivity index (χ0v) is 18.9. The Kier molecular flexibility index (Phi) is 13.8. The Bertz CT molecular complexity index is 612. The fourth-order valence-electron chi connectivity index (χ4n) is 2.85. The van der Waals surface area contributed by atoms with Crippen LogP contribution >= 0.6 is 0 Å². The highest BCUT2D eigenvalue weighted by molar-refractivity contribution is 5.93. The number of hydrogen-bond donors (Lipinski definition) is 7. The average Bonchev–Trinajstić information content (AvgIpc) is 2.71. The monoisotopic (exact) mass is 440 g/mol. The second-order valence-electron chi connectivity index (χ2n) is 8.01. The molecule has 177 valence electrons. The van der Waals surface area contributed by atoms with E-state index in [0.29, 0.717) is 32.2 Å². The number of rotatable bonds is 15. The van der Waals surface area contributed by atoms with Crippen LogP contribution in [0.3, 0.4) is 0 Å². The van der Waals surface area contributed by atoms with Crippen LogP contribution in [0.4, 0.5) is 0 Å². The molecule has 0 aliphatic rings. The Morgan fingerprint density at radius 1 is 1.03 bits per heavy atom. The van der Waals surface area contributed by atoms with Gasteiger partial charge in [-0.25, -0.2) is 0 Å². The van der Waals surface area contributed by atoms with E-state index in [9.17, 15) is 19.2 Å². The van der Waals surface area contributed by atoms with Gasteiger partial charge in [-0.1, -0.05) is 34.1 Å². The third kappa shape index (κ3) is 11.9. The molecule has 3 amide bonds. The van der Waals surface area contributed by atoms with Gasteiger partial charge >= 0.3 is 0 Å². The second-order valence-corrected chi connectivity index (χ2v) is 8.01. The van der Waals surface area contributed by atoms with Gasteiger partial charge in [0.2, 0.25) is 24.0 Å². The summed E-state index contributed by atoms with van der Waals surface area (Å²) >= 11 is 0. The number of guanidine groups is 1. The molecule has 0 rings (SSSR count). The first-order valence-corrected chi connectivity index (χ1v) is 10.6. The molecule has 11 heteroatoms. The number of hydrogen-bond acceptors (Lipinski definition) is 6. The Hall–Kier alpha value is -2.69. The number of nitrogens with one attached hydrogen (secondary N) is 5. The van der Waals surface area contributed by atoms with Gasteiger partial charge in [0.15, 0.2) is 5.96 Å². The minimum absolute atomic E-state index is 0.116. The molecule has 4 atom stereocenters. The van der Waals surface area contributed by atoms with Crippen molar-refractivity contribution in [3.05, 3.63) is 0 Å². The summed E-state index contributed by atoms with van der Waals surface area (Å²) in [4.78, 5) is 48.2. The Balaban J connectivity index is 5.11. The van der Waals surface area contributed by atoms with Crippen LogP contribution in [0.15, 0.2) is 0 Å². The van der Waals surface area contributed by atoms with Crippen molar-refractivity contribution in [2.24, 2.45) is 23.3 Å². The summed E-state index contributed by atoms with van der Waals surface area (Å²) in [6.45, 7) is 7.69. The van der Waals surface area contributed by atoms with Crippen LogP contribution in [0.25, 0.3) is 0 Å². The summed E-state index contributed by atoms with van der Waals surface area (Å²) in [5.41, 5.74) is 11.1. The van der Waals surface area contributed by atoms with Crippen LogP contribution in [0.2, 0.25) is 0 Å². The largest absolute Gasteiger partial charge is 0.370 e. The van der Waals surface area contributed by atoms with E-state index in [2.05, 4.69) is 21.3 Å². The maximum Gasteiger partial charge on any atom is 0.243 e. The van der Waals surface area contributed by atoms with Gasteiger partial charge in [-0.05, 0) is 31.1 Å². The number of carbonyl (C=O) groups is 3. The van der Waals surface area contributed by atoms with Crippen molar-refractivity contribution >= 4 is 30.0 Å². The first-order chi connectivity index (χ1) is 14.5. The maximum absolute atomic E-state index is 12.9. The molecule has 0 fully saturated rings. The summed E-state index contributed by atoms with van der Waals surface area (Å²) in [6, 6.07) is -2.53. The van der Waals surface area contributed by atoms with Crippen LogP contribution < -0.4 is 32.7 Å². The van der Waals surface area contributed by atoms with Crippen molar-refractivity contribution in [3.63, 3.8) is 0 Å². The molecule has 0 aromatic heterocycles. The van der Waals surface area contributed by atoms with E-state index < -0.39 is 35.8 Å². The summed E-state index contributed by atoms with van der Waals surface area (Å²) in [7, 11) is 0. The summed E-state index contributed by atoms with van der Waals surface area (Å²) < 4.78 is 0. The summed E-state index contributed by atoms with van der Waals surface area (Å²) in [5.74, 6) is -1.66. The Morgan fingerprint density at radius 2 is 1.68 bits per heavy atom. The van der Waals surface area contributed by atoms with Gasteiger partial charge in [-0.2, -0.15) is 0 Å². The van der Waals surface area contributed by atoms with Gasteiger partial charge in [0.1, 0.15) is 12.1 Å². The number of nitrogens with two attached hydrogens (primary N) is 2. The van der Waals surface area contributed by atoms with Gasteiger partial charge in [0, 0.05) is 6.54 Å². The van der Waals surface area contributed by atoms with Crippen LogP contribution in [0, 0.1) is 17.2 Å². The fraction of sp³-hybridized carbons (Fsp3) is 0.750. The topological polar surface area (TPSA) is 192 Å². The van der Waals surface area contributed by atoms with Crippen molar-refractivity contribution in [1.82, 2.24) is 21.3 Å². The highest BCUT2D eigenvalue weighted by Crippen LogP contribution is 2.11. The lowest BCUT2D eigenvalue weighted by atomic mass is 9.96. The summed E-state index contributed by atoms with van der Waals surface area (Å²) in [5, 5.41) is 17.5. The molecular formula is C20H38N7O4. The van der Waals surface area contributed by atoms with E-state index >= 15 is 0 Å². The average molecular weight is 441 g/mol. The predicted octanol–water partition coefficient (Wildman–Crippen LogP) is -1.14. The normalized spacial score (nSPS) is 14.6. The first kappa shape index (κ1) is 28.3. The summed E-state index contributed by atoms with van der Waals surface area (Å²) in [6.07, 6.45) is 3.46. The number of amides is 3. The molecule has 0 heterocycles. The molecule has 0 saturated heterocycles. The highest BCUT2D eigenvalue weighted by Gasteiger charge is 2.31. The minimum atomic E-state index is -0.862. The van der Waals surface area contributed by atoms with Crippen molar-refractivity contribution in [1.29, 1.82) is 5.41 Å². The second kappa shape index (κ2) is 15.2. The zero-order valence-electron chi connectivity index (χ0n) is 18.9. The lowest BCUT2D eigenvalue weighted by molar-refractivity contribution is -0.133. The molecule has 0 aromatic carbocycles. The van der Waals surface area contributed by atoms with Gasteiger partial charge in [-0.3, -0.25) is 24.6 Å². The molecular weight excluding hydrogens is 402 g/mol. The lowest BCUT2D eigenvalue weighted by Gasteiger charge is -2.28. The van der Waals surface area contributed by atoms with E-state index in [1.54, 1.807) is 6.29 Å². The molecule has 0 aromatic rings.